The topological polar surface area (TPSA) is 70.1 Å². The summed E-state index contributed by atoms with van der Waals surface area (Å²) in [4.78, 5) is 2.42. The summed E-state index contributed by atoms with van der Waals surface area (Å²) in [7, 11) is -2.38. The quantitative estimate of drug-likeness (QED) is 0.449. The Balaban J connectivity index is 2.35. The Bertz CT molecular complexity index is 908. The third kappa shape index (κ3) is 7.22. The van der Waals surface area contributed by atoms with Gasteiger partial charge in [-0.1, -0.05) is 56.5 Å². The van der Waals surface area contributed by atoms with E-state index in [4.69, 9.17) is 4.74 Å². The second-order valence-electron chi connectivity index (χ2n) is 8.18. The number of methoxy groups -OCH3 is 1. The molecule has 2 rings (SSSR count). The molecule has 2 aromatic carbocycles. The van der Waals surface area contributed by atoms with Crippen molar-refractivity contribution in [2.24, 2.45) is 0 Å². The number of ether oxygens (including phenoxy) is 1. The van der Waals surface area contributed by atoms with Crippen LogP contribution in [0.4, 0.5) is 5.69 Å². The highest BCUT2D eigenvalue weighted by Crippen LogP contribution is 2.32. The van der Waals surface area contributed by atoms with Crippen molar-refractivity contribution in [3.05, 3.63) is 54.1 Å². The summed E-state index contributed by atoms with van der Waals surface area (Å²) >= 11 is 0. The molecule has 0 unspecified atom stereocenters. The van der Waals surface area contributed by atoms with Crippen molar-refractivity contribution in [3.8, 4) is 5.75 Å². The number of anilines is 1. The second kappa shape index (κ2) is 12.8. The normalized spacial score (nSPS) is 12.7. The standard InChI is InChI=1S/C25H38N2O4S/c1-5-7-17-26(18-8-6-2)19-22(28)20-27(24-11-9-10-12-25(24)31-4)32(29,30)23-15-13-21(3)14-16-23/h9-16,22,28H,5-8,17-20H2,1-4H3/t22-/m0/s1. The van der Waals surface area contributed by atoms with Crippen molar-refractivity contribution in [2.75, 3.05) is 37.6 Å². The first-order valence-corrected chi connectivity index (χ1v) is 12.9. The predicted octanol–water partition coefficient (Wildman–Crippen LogP) is 4.46. The summed E-state index contributed by atoms with van der Waals surface area (Å²) in [5, 5.41) is 11.0. The van der Waals surface area contributed by atoms with Crippen molar-refractivity contribution in [3.63, 3.8) is 0 Å². The maximum atomic E-state index is 13.6. The van der Waals surface area contributed by atoms with Gasteiger partial charge in [0.05, 0.1) is 30.3 Å². The highest BCUT2D eigenvalue weighted by Gasteiger charge is 2.29. The van der Waals surface area contributed by atoms with Crippen molar-refractivity contribution >= 4 is 15.7 Å². The Hall–Kier alpha value is -2.09. The summed E-state index contributed by atoms with van der Waals surface area (Å²) in [6.07, 6.45) is 3.42. The van der Waals surface area contributed by atoms with Crippen molar-refractivity contribution in [1.82, 2.24) is 4.90 Å². The molecule has 1 N–H and O–H groups in total. The van der Waals surface area contributed by atoms with E-state index in [1.165, 1.54) is 11.4 Å². The Kier molecular flexibility index (Phi) is 10.5. The zero-order chi connectivity index (χ0) is 23.6. The van der Waals surface area contributed by atoms with Crippen LogP contribution in [-0.2, 0) is 10.0 Å². The molecule has 0 spiro atoms. The fraction of sp³-hybridized carbons (Fsp3) is 0.520. The Morgan fingerprint density at radius 1 is 0.938 bits per heavy atom. The van der Waals surface area contributed by atoms with E-state index in [9.17, 15) is 13.5 Å². The molecule has 0 aliphatic heterocycles. The highest BCUT2D eigenvalue weighted by molar-refractivity contribution is 7.92. The fourth-order valence-electron chi connectivity index (χ4n) is 3.60. The van der Waals surface area contributed by atoms with E-state index in [0.717, 1.165) is 44.3 Å². The summed E-state index contributed by atoms with van der Waals surface area (Å²) in [6, 6.07) is 13.8. The van der Waals surface area contributed by atoms with Crippen molar-refractivity contribution in [2.45, 2.75) is 57.5 Å². The molecule has 0 aliphatic carbocycles. The molecule has 0 bridgehead atoms. The average molecular weight is 463 g/mol. The monoisotopic (exact) mass is 462 g/mol. The van der Waals surface area contributed by atoms with Gasteiger partial charge < -0.3 is 14.7 Å². The van der Waals surface area contributed by atoms with Gasteiger partial charge in [0.2, 0.25) is 0 Å². The van der Waals surface area contributed by atoms with Crippen LogP contribution in [0.25, 0.3) is 0 Å². The van der Waals surface area contributed by atoms with Gasteiger partial charge in [-0.2, -0.15) is 0 Å². The van der Waals surface area contributed by atoms with E-state index in [0.29, 0.717) is 18.0 Å². The van der Waals surface area contributed by atoms with E-state index in [1.807, 2.05) is 6.92 Å². The first-order valence-electron chi connectivity index (χ1n) is 11.5. The first kappa shape index (κ1) is 26.2. The van der Waals surface area contributed by atoms with E-state index < -0.39 is 16.1 Å². The van der Waals surface area contributed by atoms with Crippen LogP contribution in [0.3, 0.4) is 0 Å². The molecule has 0 aliphatic rings. The molecule has 0 radical (unpaired) electrons. The molecular weight excluding hydrogens is 424 g/mol. The molecule has 0 saturated heterocycles. The lowest BCUT2D eigenvalue weighted by Crippen LogP contribution is -2.43. The lowest BCUT2D eigenvalue weighted by molar-refractivity contribution is 0.117. The SMILES string of the molecule is CCCCN(CCCC)C[C@H](O)CN(c1ccccc1OC)S(=O)(=O)c1ccc(C)cc1. The lowest BCUT2D eigenvalue weighted by Gasteiger charge is -2.31. The molecule has 178 valence electrons. The highest BCUT2D eigenvalue weighted by atomic mass is 32.2. The largest absolute Gasteiger partial charge is 0.495 e. The maximum Gasteiger partial charge on any atom is 0.264 e. The molecule has 0 heterocycles. The molecule has 0 amide bonds. The van der Waals surface area contributed by atoms with Crippen LogP contribution in [0.15, 0.2) is 53.4 Å². The fourth-order valence-corrected chi connectivity index (χ4v) is 5.12. The van der Waals surface area contributed by atoms with Gasteiger partial charge in [0.25, 0.3) is 10.0 Å². The molecule has 7 heteroatoms. The number of aliphatic hydroxyl groups is 1. The van der Waals surface area contributed by atoms with E-state index in [-0.39, 0.29) is 11.4 Å². The number of rotatable bonds is 14. The van der Waals surface area contributed by atoms with Gasteiger partial charge in [0, 0.05) is 6.54 Å². The second-order valence-corrected chi connectivity index (χ2v) is 10.0. The summed E-state index contributed by atoms with van der Waals surface area (Å²) in [5.74, 6) is 0.448. The zero-order valence-electron chi connectivity index (χ0n) is 19.8. The molecule has 0 saturated carbocycles. The number of unbranched alkanes of at least 4 members (excludes halogenated alkanes) is 2. The van der Waals surface area contributed by atoms with Gasteiger partial charge in [-0.25, -0.2) is 8.42 Å². The number of para-hydroxylation sites is 2. The minimum atomic E-state index is -3.89. The summed E-state index contributed by atoms with van der Waals surface area (Å²) in [5.41, 5.74) is 1.40. The molecule has 6 nitrogen and oxygen atoms in total. The third-order valence-corrected chi connectivity index (χ3v) is 7.26. The number of aryl methyl sites for hydroxylation is 1. The molecule has 32 heavy (non-hydrogen) atoms. The van der Waals surface area contributed by atoms with Crippen LogP contribution in [0.5, 0.6) is 5.75 Å². The van der Waals surface area contributed by atoms with Crippen LogP contribution in [0.1, 0.15) is 45.1 Å². The number of benzene rings is 2. The van der Waals surface area contributed by atoms with Crippen molar-refractivity contribution in [1.29, 1.82) is 0 Å². The van der Waals surface area contributed by atoms with E-state index >= 15 is 0 Å². The number of sulfonamides is 1. The number of nitrogens with zero attached hydrogens (tertiary/aromatic N) is 2. The molecule has 0 fully saturated rings. The third-order valence-electron chi connectivity index (χ3n) is 5.46. The minimum Gasteiger partial charge on any atom is -0.495 e. The summed E-state index contributed by atoms with van der Waals surface area (Å²) < 4.78 is 34.0. The smallest absolute Gasteiger partial charge is 0.264 e. The van der Waals surface area contributed by atoms with E-state index in [2.05, 4.69) is 18.7 Å². The average Bonchev–Trinajstić information content (AvgIpc) is 2.79. The number of aliphatic hydroxyl groups excluding tert-OH is 1. The number of hydrogen-bond acceptors (Lipinski definition) is 5. The van der Waals surface area contributed by atoms with Crippen LogP contribution < -0.4 is 9.04 Å². The number of hydrogen-bond donors (Lipinski definition) is 1. The minimum absolute atomic E-state index is 0.0503. The Morgan fingerprint density at radius 3 is 2.09 bits per heavy atom. The van der Waals surface area contributed by atoms with Gasteiger partial charge >= 0.3 is 0 Å². The molecule has 0 aromatic heterocycles. The molecular formula is C25H38N2O4S. The van der Waals surface area contributed by atoms with Gasteiger partial charge in [0.15, 0.2) is 0 Å². The van der Waals surface area contributed by atoms with Crippen LogP contribution in [0, 0.1) is 6.92 Å². The maximum absolute atomic E-state index is 13.6. The van der Waals surface area contributed by atoms with Crippen LogP contribution in [0.2, 0.25) is 0 Å². The predicted molar refractivity (Wildman–Crippen MR) is 131 cm³/mol. The Labute approximate surface area is 193 Å². The van der Waals surface area contributed by atoms with E-state index in [1.54, 1.807) is 48.5 Å². The van der Waals surface area contributed by atoms with Gasteiger partial charge in [-0.3, -0.25) is 4.31 Å². The Morgan fingerprint density at radius 2 is 1.53 bits per heavy atom. The van der Waals surface area contributed by atoms with Crippen LogP contribution in [-0.4, -0.2) is 57.8 Å². The van der Waals surface area contributed by atoms with Gasteiger partial charge in [-0.05, 0) is 57.1 Å². The first-order chi connectivity index (χ1) is 15.3. The molecule has 1 atom stereocenters. The lowest BCUT2D eigenvalue weighted by atomic mass is 10.2. The molecule has 2 aromatic rings. The van der Waals surface area contributed by atoms with Crippen molar-refractivity contribution < 1.29 is 18.3 Å². The van der Waals surface area contributed by atoms with Crippen LogP contribution >= 0.6 is 0 Å². The van der Waals surface area contributed by atoms with Gasteiger partial charge in [-0.15, -0.1) is 0 Å². The zero-order valence-corrected chi connectivity index (χ0v) is 20.6. The summed E-state index contributed by atoms with van der Waals surface area (Å²) in [6.45, 7) is 8.37. The van der Waals surface area contributed by atoms with Gasteiger partial charge in [0.1, 0.15) is 5.75 Å².